The highest BCUT2D eigenvalue weighted by Gasteiger charge is 2.01. The summed E-state index contributed by atoms with van der Waals surface area (Å²) in [4.78, 5) is 5.19. The Morgan fingerprint density at radius 1 is 1.44 bits per heavy atom. The third-order valence-corrected chi connectivity index (χ3v) is 2.91. The summed E-state index contributed by atoms with van der Waals surface area (Å²) < 4.78 is 5.16. The summed E-state index contributed by atoms with van der Waals surface area (Å²) in [6.45, 7) is 0. The quantitative estimate of drug-likeness (QED) is 0.919. The molecule has 0 atom stereocenters. The van der Waals surface area contributed by atoms with Crippen molar-refractivity contribution >= 4 is 28.9 Å². The van der Waals surface area contributed by atoms with Gasteiger partial charge in [-0.2, -0.15) is 0 Å². The van der Waals surface area contributed by atoms with Gasteiger partial charge in [0.1, 0.15) is 5.75 Å². The number of hydrogen-bond donors (Lipinski definition) is 1. The largest absolute Gasteiger partial charge is 0.497 e. The Kier molecular flexibility index (Phi) is 4.58. The molecule has 0 bridgehead atoms. The number of aromatic nitrogens is 1. The Hall–Kier alpha value is -1.26. The molecule has 1 heterocycles. The van der Waals surface area contributed by atoms with Crippen LogP contribution in [0.4, 0.5) is 5.13 Å². The zero-order valence-electron chi connectivity index (χ0n) is 8.84. The van der Waals surface area contributed by atoms with Crippen LogP contribution < -0.4 is 10.5 Å². The van der Waals surface area contributed by atoms with E-state index in [1.807, 2.05) is 24.4 Å². The van der Waals surface area contributed by atoms with E-state index in [0.29, 0.717) is 5.13 Å². The smallest absolute Gasteiger partial charge is 0.180 e. The first-order chi connectivity index (χ1) is 7.28. The number of nitrogens with two attached hydrogens (primary N) is 1. The molecule has 0 saturated heterocycles. The zero-order valence-corrected chi connectivity index (χ0v) is 10.5. The molecule has 0 aliphatic carbocycles. The van der Waals surface area contributed by atoms with E-state index in [1.165, 1.54) is 21.8 Å². The van der Waals surface area contributed by atoms with E-state index in [4.69, 9.17) is 10.5 Å². The SMILES string of the molecule is COc1cccc(Cc2cnc(N)s2)c1.Cl. The minimum Gasteiger partial charge on any atom is -0.497 e. The number of halogens is 1. The lowest BCUT2D eigenvalue weighted by molar-refractivity contribution is 0.414. The Labute approximate surface area is 105 Å². The standard InChI is InChI=1S/C11H12N2OS.ClH/c1-14-9-4-2-3-8(5-9)6-10-7-13-11(12)15-10;/h2-5,7H,6H2,1H3,(H2,12,13);1H. The van der Waals surface area contributed by atoms with Crippen molar-refractivity contribution in [3.8, 4) is 5.75 Å². The molecule has 1 aromatic heterocycles. The van der Waals surface area contributed by atoms with Crippen LogP contribution in [0.1, 0.15) is 10.4 Å². The number of anilines is 1. The maximum atomic E-state index is 5.57. The molecule has 2 aromatic rings. The Balaban J connectivity index is 0.00000128. The first kappa shape index (κ1) is 12.8. The average molecular weight is 257 g/mol. The van der Waals surface area contributed by atoms with Gasteiger partial charge in [-0.05, 0) is 17.7 Å². The lowest BCUT2D eigenvalue weighted by Crippen LogP contribution is -1.87. The van der Waals surface area contributed by atoms with Gasteiger partial charge in [-0.15, -0.1) is 23.7 Å². The van der Waals surface area contributed by atoms with Gasteiger partial charge in [0.2, 0.25) is 0 Å². The van der Waals surface area contributed by atoms with Gasteiger partial charge in [0.15, 0.2) is 5.13 Å². The number of rotatable bonds is 3. The fraction of sp³-hybridized carbons (Fsp3) is 0.182. The van der Waals surface area contributed by atoms with E-state index in [1.54, 1.807) is 7.11 Å². The van der Waals surface area contributed by atoms with Crippen LogP contribution in [0.2, 0.25) is 0 Å². The molecule has 2 rings (SSSR count). The van der Waals surface area contributed by atoms with Crippen LogP contribution in [0.5, 0.6) is 5.75 Å². The minimum absolute atomic E-state index is 0. The third-order valence-electron chi connectivity index (χ3n) is 2.08. The summed E-state index contributed by atoms with van der Waals surface area (Å²) >= 11 is 1.52. The number of ether oxygens (including phenoxy) is 1. The van der Waals surface area contributed by atoms with Crippen molar-refractivity contribution in [2.24, 2.45) is 0 Å². The second-order valence-corrected chi connectivity index (χ2v) is 4.34. The van der Waals surface area contributed by atoms with Gasteiger partial charge in [0.05, 0.1) is 7.11 Å². The van der Waals surface area contributed by atoms with Crippen molar-refractivity contribution in [1.82, 2.24) is 4.98 Å². The number of nitrogens with zero attached hydrogens (tertiary/aromatic N) is 1. The lowest BCUT2D eigenvalue weighted by Gasteiger charge is -2.02. The summed E-state index contributed by atoms with van der Waals surface area (Å²) in [6.07, 6.45) is 2.67. The monoisotopic (exact) mass is 256 g/mol. The first-order valence-corrected chi connectivity index (χ1v) is 5.42. The molecule has 1 aromatic carbocycles. The second kappa shape index (κ2) is 5.72. The fourth-order valence-electron chi connectivity index (χ4n) is 1.39. The lowest BCUT2D eigenvalue weighted by atomic mass is 10.1. The Morgan fingerprint density at radius 2 is 2.25 bits per heavy atom. The van der Waals surface area contributed by atoms with Gasteiger partial charge in [-0.3, -0.25) is 0 Å². The van der Waals surface area contributed by atoms with Gasteiger partial charge >= 0.3 is 0 Å². The predicted octanol–water partition coefficient (Wildman–Crippen LogP) is 2.75. The Bertz CT molecular complexity index is 459. The molecular formula is C11H13ClN2OS. The number of thiazole rings is 1. The van der Waals surface area contributed by atoms with Gasteiger partial charge in [-0.25, -0.2) is 4.98 Å². The van der Waals surface area contributed by atoms with Gasteiger partial charge in [0, 0.05) is 17.5 Å². The van der Waals surface area contributed by atoms with E-state index < -0.39 is 0 Å². The molecule has 0 amide bonds. The van der Waals surface area contributed by atoms with E-state index in [2.05, 4.69) is 11.1 Å². The zero-order chi connectivity index (χ0) is 10.7. The summed E-state index contributed by atoms with van der Waals surface area (Å²) in [5.74, 6) is 0.880. The highest BCUT2D eigenvalue weighted by Crippen LogP contribution is 2.20. The van der Waals surface area contributed by atoms with E-state index >= 15 is 0 Å². The molecular weight excluding hydrogens is 244 g/mol. The molecule has 3 nitrogen and oxygen atoms in total. The molecule has 0 aliphatic rings. The average Bonchev–Trinajstić information content (AvgIpc) is 2.64. The van der Waals surface area contributed by atoms with Crippen LogP contribution >= 0.6 is 23.7 Å². The summed E-state index contributed by atoms with van der Waals surface area (Å²) in [7, 11) is 1.67. The molecule has 2 N–H and O–H groups in total. The van der Waals surface area contributed by atoms with Crippen molar-refractivity contribution in [1.29, 1.82) is 0 Å². The molecule has 0 radical (unpaired) electrons. The molecule has 0 unspecified atom stereocenters. The van der Waals surface area contributed by atoms with Crippen LogP contribution in [0.25, 0.3) is 0 Å². The fourth-order valence-corrected chi connectivity index (χ4v) is 2.11. The van der Waals surface area contributed by atoms with Gasteiger partial charge in [-0.1, -0.05) is 12.1 Å². The molecule has 0 spiro atoms. The number of methoxy groups -OCH3 is 1. The number of nitrogen functional groups attached to an aromatic ring is 1. The Morgan fingerprint density at radius 3 is 2.88 bits per heavy atom. The third kappa shape index (κ3) is 3.12. The first-order valence-electron chi connectivity index (χ1n) is 4.61. The number of hydrogen-bond acceptors (Lipinski definition) is 4. The van der Waals surface area contributed by atoms with Gasteiger partial charge in [0.25, 0.3) is 0 Å². The summed E-state index contributed by atoms with van der Waals surface area (Å²) in [6, 6.07) is 8.01. The maximum Gasteiger partial charge on any atom is 0.180 e. The van der Waals surface area contributed by atoms with E-state index in [0.717, 1.165) is 12.2 Å². The summed E-state index contributed by atoms with van der Waals surface area (Å²) in [5, 5.41) is 0.618. The van der Waals surface area contributed by atoms with E-state index in [9.17, 15) is 0 Å². The summed E-state index contributed by atoms with van der Waals surface area (Å²) in [5.41, 5.74) is 6.78. The van der Waals surface area contributed by atoms with Crippen LogP contribution in [0.15, 0.2) is 30.5 Å². The second-order valence-electron chi connectivity index (χ2n) is 3.19. The van der Waals surface area contributed by atoms with Crippen molar-refractivity contribution in [3.05, 3.63) is 40.9 Å². The normalized spacial score (nSPS) is 9.56. The van der Waals surface area contributed by atoms with Crippen molar-refractivity contribution in [2.75, 3.05) is 12.8 Å². The predicted molar refractivity (Wildman–Crippen MR) is 69.6 cm³/mol. The highest BCUT2D eigenvalue weighted by molar-refractivity contribution is 7.15. The molecule has 0 aliphatic heterocycles. The highest BCUT2D eigenvalue weighted by atomic mass is 35.5. The molecule has 16 heavy (non-hydrogen) atoms. The minimum atomic E-state index is 0. The molecule has 86 valence electrons. The van der Waals surface area contributed by atoms with E-state index in [-0.39, 0.29) is 12.4 Å². The van der Waals surface area contributed by atoms with Crippen molar-refractivity contribution < 1.29 is 4.74 Å². The van der Waals surface area contributed by atoms with Crippen LogP contribution in [0, 0.1) is 0 Å². The van der Waals surface area contributed by atoms with Gasteiger partial charge < -0.3 is 10.5 Å². The topological polar surface area (TPSA) is 48.1 Å². The van der Waals surface area contributed by atoms with Crippen molar-refractivity contribution in [2.45, 2.75) is 6.42 Å². The van der Waals surface area contributed by atoms with Crippen LogP contribution in [0.3, 0.4) is 0 Å². The maximum absolute atomic E-state index is 5.57. The van der Waals surface area contributed by atoms with Crippen LogP contribution in [-0.2, 0) is 6.42 Å². The number of benzene rings is 1. The van der Waals surface area contributed by atoms with Crippen molar-refractivity contribution in [3.63, 3.8) is 0 Å². The molecule has 0 fully saturated rings. The van der Waals surface area contributed by atoms with Crippen LogP contribution in [-0.4, -0.2) is 12.1 Å². The molecule has 0 saturated carbocycles. The molecule has 5 heteroatoms.